The molecule has 0 saturated carbocycles. The fraction of sp³-hybridized carbons (Fsp3) is 0.250. The summed E-state index contributed by atoms with van der Waals surface area (Å²) in [4.78, 5) is 4.14. The van der Waals surface area contributed by atoms with Gasteiger partial charge in [-0.25, -0.2) is 0 Å². The number of benzene rings is 1. The molecule has 0 radical (unpaired) electrons. The molecule has 1 heterocycles. The molecule has 2 rings (SSSR count). The van der Waals surface area contributed by atoms with Gasteiger partial charge in [0.25, 0.3) is 0 Å². The largest absolute Gasteiger partial charge is 0.504 e. The summed E-state index contributed by atoms with van der Waals surface area (Å²) >= 11 is 0. The van der Waals surface area contributed by atoms with Crippen LogP contribution in [-0.2, 0) is 6.42 Å². The summed E-state index contributed by atoms with van der Waals surface area (Å²) in [6, 6.07) is 6.34. The summed E-state index contributed by atoms with van der Waals surface area (Å²) < 4.78 is 5.02. The lowest BCUT2D eigenvalue weighted by atomic mass is 10.2. The van der Waals surface area contributed by atoms with Crippen molar-refractivity contribution in [1.29, 1.82) is 5.26 Å². The quantitative estimate of drug-likeness (QED) is 0.630. The first-order valence-corrected chi connectivity index (χ1v) is 5.42. The third-order valence-corrected chi connectivity index (χ3v) is 2.38. The van der Waals surface area contributed by atoms with Crippen molar-refractivity contribution in [2.75, 3.05) is 0 Å². The Morgan fingerprint density at radius 2 is 2.11 bits per heavy atom. The summed E-state index contributed by atoms with van der Waals surface area (Å²) in [5.41, 5.74) is 0.556. The van der Waals surface area contributed by atoms with Crippen molar-refractivity contribution in [2.24, 2.45) is 0 Å². The van der Waals surface area contributed by atoms with Crippen molar-refractivity contribution in [3.63, 3.8) is 0 Å². The smallest absolute Gasteiger partial charge is 0.226 e. The lowest BCUT2D eigenvalue weighted by Gasteiger charge is -1.98. The highest BCUT2D eigenvalue weighted by Crippen LogP contribution is 2.29. The van der Waals surface area contributed by atoms with Gasteiger partial charge in [-0.1, -0.05) is 5.16 Å². The standard InChI is InChI=1S/C12H11N3O3/c13-6-2-1-3-11-14-12(15-18-11)8-4-5-9(16)10(17)7-8/h4-5,7,16-17H,1-3H2. The van der Waals surface area contributed by atoms with Crippen LogP contribution in [0.4, 0.5) is 0 Å². The maximum absolute atomic E-state index is 9.37. The van der Waals surface area contributed by atoms with Gasteiger partial charge in [0.2, 0.25) is 11.7 Å². The Morgan fingerprint density at radius 1 is 1.28 bits per heavy atom. The van der Waals surface area contributed by atoms with Crippen LogP contribution in [0.15, 0.2) is 22.7 Å². The third-order valence-electron chi connectivity index (χ3n) is 2.38. The van der Waals surface area contributed by atoms with Crippen LogP contribution >= 0.6 is 0 Å². The monoisotopic (exact) mass is 245 g/mol. The van der Waals surface area contributed by atoms with Crippen molar-refractivity contribution in [1.82, 2.24) is 10.1 Å². The van der Waals surface area contributed by atoms with Gasteiger partial charge in [0.05, 0.1) is 6.07 Å². The lowest BCUT2D eigenvalue weighted by molar-refractivity contribution is 0.376. The predicted molar refractivity (Wildman–Crippen MR) is 61.6 cm³/mol. The molecule has 1 aromatic carbocycles. The average Bonchev–Trinajstić information content (AvgIpc) is 2.82. The lowest BCUT2D eigenvalue weighted by Crippen LogP contribution is -1.85. The molecule has 6 heteroatoms. The molecule has 0 amide bonds. The second-order valence-corrected chi connectivity index (χ2v) is 3.73. The molecular weight excluding hydrogens is 234 g/mol. The van der Waals surface area contributed by atoms with E-state index in [1.165, 1.54) is 12.1 Å². The summed E-state index contributed by atoms with van der Waals surface area (Å²) in [7, 11) is 0. The van der Waals surface area contributed by atoms with E-state index in [0.717, 1.165) is 0 Å². The molecule has 92 valence electrons. The van der Waals surface area contributed by atoms with Crippen LogP contribution in [0.25, 0.3) is 11.4 Å². The minimum absolute atomic E-state index is 0.198. The van der Waals surface area contributed by atoms with E-state index in [0.29, 0.717) is 36.5 Å². The number of aromatic nitrogens is 2. The van der Waals surface area contributed by atoms with Crippen LogP contribution < -0.4 is 0 Å². The van der Waals surface area contributed by atoms with Crippen LogP contribution in [0.2, 0.25) is 0 Å². The minimum atomic E-state index is -0.233. The van der Waals surface area contributed by atoms with Crippen LogP contribution in [0.1, 0.15) is 18.7 Å². The van der Waals surface area contributed by atoms with Crippen LogP contribution in [0.5, 0.6) is 11.5 Å². The Bertz CT molecular complexity index is 586. The molecule has 2 aromatic rings. The van der Waals surface area contributed by atoms with Gasteiger partial charge >= 0.3 is 0 Å². The van der Waals surface area contributed by atoms with Crippen molar-refractivity contribution >= 4 is 0 Å². The molecule has 0 atom stereocenters. The second kappa shape index (κ2) is 5.19. The SMILES string of the molecule is N#CCCCc1nc(-c2ccc(O)c(O)c2)no1. The summed E-state index contributed by atoms with van der Waals surface area (Å²) in [6.45, 7) is 0. The summed E-state index contributed by atoms with van der Waals surface area (Å²) in [6.07, 6.45) is 1.65. The van der Waals surface area contributed by atoms with E-state index in [2.05, 4.69) is 10.1 Å². The fourth-order valence-electron chi connectivity index (χ4n) is 1.45. The zero-order chi connectivity index (χ0) is 13.0. The van der Waals surface area contributed by atoms with E-state index in [1.54, 1.807) is 6.07 Å². The normalized spacial score (nSPS) is 10.2. The molecule has 0 unspecified atom stereocenters. The van der Waals surface area contributed by atoms with Crippen molar-refractivity contribution in [3.8, 4) is 29.0 Å². The Labute approximate surface area is 103 Å². The Morgan fingerprint density at radius 3 is 2.83 bits per heavy atom. The molecule has 2 N–H and O–H groups in total. The highest BCUT2D eigenvalue weighted by atomic mass is 16.5. The van der Waals surface area contributed by atoms with Crippen LogP contribution in [0.3, 0.4) is 0 Å². The molecular formula is C12H11N3O3. The van der Waals surface area contributed by atoms with Crippen LogP contribution in [-0.4, -0.2) is 20.4 Å². The minimum Gasteiger partial charge on any atom is -0.504 e. The van der Waals surface area contributed by atoms with Gasteiger partial charge in [0.15, 0.2) is 11.5 Å². The molecule has 6 nitrogen and oxygen atoms in total. The van der Waals surface area contributed by atoms with Crippen molar-refractivity contribution in [3.05, 3.63) is 24.1 Å². The molecule has 18 heavy (non-hydrogen) atoms. The maximum atomic E-state index is 9.37. The Hall–Kier alpha value is -2.55. The van der Waals surface area contributed by atoms with Gasteiger partial charge in [-0.3, -0.25) is 0 Å². The first kappa shape index (κ1) is 11.9. The number of hydrogen-bond acceptors (Lipinski definition) is 6. The molecule has 0 aliphatic rings. The molecule has 0 aliphatic carbocycles. The zero-order valence-electron chi connectivity index (χ0n) is 9.50. The van der Waals surface area contributed by atoms with Gasteiger partial charge in [-0.2, -0.15) is 10.2 Å². The summed E-state index contributed by atoms with van der Waals surface area (Å²) in [5.74, 6) is 0.366. The maximum Gasteiger partial charge on any atom is 0.226 e. The van der Waals surface area contributed by atoms with E-state index in [1.807, 2.05) is 6.07 Å². The fourth-order valence-corrected chi connectivity index (χ4v) is 1.45. The van der Waals surface area contributed by atoms with E-state index in [4.69, 9.17) is 9.78 Å². The first-order valence-electron chi connectivity index (χ1n) is 5.42. The van der Waals surface area contributed by atoms with E-state index in [-0.39, 0.29) is 11.5 Å². The number of aryl methyl sites for hydroxylation is 1. The molecule has 1 aromatic heterocycles. The number of rotatable bonds is 4. The Balaban J connectivity index is 2.14. The van der Waals surface area contributed by atoms with Gasteiger partial charge in [-0.15, -0.1) is 0 Å². The van der Waals surface area contributed by atoms with Crippen molar-refractivity contribution in [2.45, 2.75) is 19.3 Å². The number of phenols is 2. The topological polar surface area (TPSA) is 103 Å². The van der Waals surface area contributed by atoms with E-state index < -0.39 is 0 Å². The molecule has 0 bridgehead atoms. The number of unbranched alkanes of at least 4 members (excludes halogenated alkanes) is 1. The third kappa shape index (κ3) is 2.58. The number of hydrogen-bond donors (Lipinski definition) is 2. The van der Waals surface area contributed by atoms with Crippen LogP contribution in [0, 0.1) is 11.3 Å². The number of phenolic OH excluding ortho intramolecular Hbond substituents is 2. The van der Waals surface area contributed by atoms with Gasteiger partial charge in [-0.05, 0) is 24.6 Å². The number of nitrogens with zero attached hydrogens (tertiary/aromatic N) is 3. The average molecular weight is 245 g/mol. The van der Waals surface area contributed by atoms with E-state index in [9.17, 15) is 10.2 Å². The predicted octanol–water partition coefficient (Wildman–Crippen LogP) is 1.99. The first-order chi connectivity index (χ1) is 8.70. The summed E-state index contributed by atoms with van der Waals surface area (Å²) in [5, 5.41) is 30.8. The molecule has 0 spiro atoms. The highest BCUT2D eigenvalue weighted by molar-refractivity contribution is 5.59. The molecule has 0 fully saturated rings. The number of nitriles is 1. The van der Waals surface area contributed by atoms with Gasteiger partial charge in [0, 0.05) is 18.4 Å². The van der Waals surface area contributed by atoms with Gasteiger partial charge < -0.3 is 14.7 Å². The number of aromatic hydroxyl groups is 2. The van der Waals surface area contributed by atoms with Gasteiger partial charge in [0.1, 0.15) is 0 Å². The second-order valence-electron chi connectivity index (χ2n) is 3.73. The van der Waals surface area contributed by atoms with Crippen molar-refractivity contribution < 1.29 is 14.7 Å². The zero-order valence-corrected chi connectivity index (χ0v) is 9.50. The molecule has 0 aliphatic heterocycles. The highest BCUT2D eigenvalue weighted by Gasteiger charge is 2.10. The molecule has 0 saturated heterocycles. The van der Waals surface area contributed by atoms with E-state index >= 15 is 0 Å². The Kier molecular flexibility index (Phi) is 3.44.